The van der Waals surface area contributed by atoms with Gasteiger partial charge in [0.2, 0.25) is 0 Å². The maximum Gasteiger partial charge on any atom is 0.410 e. The number of aromatic nitrogens is 3. The van der Waals surface area contributed by atoms with E-state index in [1.165, 1.54) is 23.1 Å². The Bertz CT molecular complexity index is 1570. The van der Waals surface area contributed by atoms with E-state index in [2.05, 4.69) is 10.3 Å². The molecule has 3 N–H and O–H groups in total. The average Bonchev–Trinajstić information content (AvgIpc) is 3.28. The summed E-state index contributed by atoms with van der Waals surface area (Å²) in [6.07, 6.45) is -0.0944. The molecule has 0 unspecified atom stereocenters. The van der Waals surface area contributed by atoms with Crippen LogP contribution in [0.4, 0.5) is 25.1 Å². The van der Waals surface area contributed by atoms with Crippen LogP contribution in [0.5, 0.6) is 17.2 Å². The molecule has 0 spiro atoms. The van der Waals surface area contributed by atoms with Crippen LogP contribution in [-0.2, 0) is 11.3 Å². The Morgan fingerprint density at radius 1 is 1.14 bits per heavy atom. The van der Waals surface area contributed by atoms with E-state index in [1.54, 1.807) is 44.8 Å². The number of carbonyl (C=O) groups is 1. The molecule has 0 radical (unpaired) electrons. The highest BCUT2D eigenvalue weighted by Gasteiger charge is 2.35. The van der Waals surface area contributed by atoms with E-state index in [9.17, 15) is 9.18 Å². The Hall–Kier alpha value is -4.61. The summed E-state index contributed by atoms with van der Waals surface area (Å²) in [5, 5.41) is 8.42. The number of piperidine rings is 1. The van der Waals surface area contributed by atoms with Crippen LogP contribution in [0, 0.1) is 5.82 Å². The number of likely N-dealkylation sites (tertiary alicyclic amines) is 1. The molecular weight excluding hydrogens is 546 g/mol. The van der Waals surface area contributed by atoms with Crippen LogP contribution in [0.15, 0.2) is 54.7 Å². The fourth-order valence-electron chi connectivity index (χ4n) is 4.72. The van der Waals surface area contributed by atoms with Crippen molar-refractivity contribution in [3.05, 3.63) is 66.1 Å². The van der Waals surface area contributed by atoms with Crippen LogP contribution in [-0.4, -0.2) is 63.8 Å². The number of hydrogen-bond acceptors (Lipinski definition) is 8. The SMILES string of the molecule is COc1ccc(Cn2nc(N[C@H]3CCN(C(=O)OC(C)(C)C)C[C@@H]3F)c3c(Oc4ccc(N)cc4F)ccnc32)cc1. The zero-order valence-corrected chi connectivity index (χ0v) is 23.9. The fourth-order valence-corrected chi connectivity index (χ4v) is 4.72. The summed E-state index contributed by atoms with van der Waals surface area (Å²) in [6, 6.07) is 12.6. The number of carbonyl (C=O) groups excluding carboxylic acids is 1. The molecular formula is C30H34F2N6O4. The molecule has 0 bridgehead atoms. The van der Waals surface area contributed by atoms with Crippen molar-refractivity contribution in [1.29, 1.82) is 0 Å². The second-order valence-electron chi connectivity index (χ2n) is 11.1. The number of halogens is 2. The first kappa shape index (κ1) is 28.9. The second-order valence-corrected chi connectivity index (χ2v) is 11.1. The molecule has 42 heavy (non-hydrogen) atoms. The standard InChI is InChI=1S/C30H34F2N6O4/c1-30(2,3)42-29(39)37-14-12-23(22(32)17-37)35-27-26-25(41-24-10-7-19(33)15-21(24)31)11-13-34-28(26)38(36-27)16-18-5-8-20(40-4)9-6-18/h5-11,13,15,22-23H,12,14,16-17,33H2,1-4H3,(H,35,36)/t22-,23-/m0/s1. The third-order valence-corrected chi connectivity index (χ3v) is 6.78. The van der Waals surface area contributed by atoms with E-state index in [4.69, 9.17) is 25.0 Å². The van der Waals surface area contributed by atoms with Crippen LogP contribution in [0.3, 0.4) is 0 Å². The minimum absolute atomic E-state index is 0.0282. The Morgan fingerprint density at radius 3 is 2.57 bits per heavy atom. The molecule has 2 aromatic heterocycles. The molecule has 0 saturated carbocycles. The van der Waals surface area contributed by atoms with Crippen LogP contribution < -0.4 is 20.5 Å². The number of ether oxygens (including phenoxy) is 3. The molecule has 2 aromatic carbocycles. The van der Waals surface area contributed by atoms with E-state index < -0.39 is 29.7 Å². The van der Waals surface area contributed by atoms with Gasteiger partial charge in [0.05, 0.1) is 26.2 Å². The van der Waals surface area contributed by atoms with Crippen molar-refractivity contribution >= 4 is 28.6 Å². The minimum Gasteiger partial charge on any atom is -0.497 e. The van der Waals surface area contributed by atoms with Gasteiger partial charge in [-0.05, 0) is 57.0 Å². The molecule has 5 rings (SSSR count). The van der Waals surface area contributed by atoms with Crippen molar-refractivity contribution in [3.8, 4) is 17.2 Å². The van der Waals surface area contributed by atoms with Gasteiger partial charge in [-0.2, -0.15) is 5.10 Å². The van der Waals surface area contributed by atoms with Crippen molar-refractivity contribution in [1.82, 2.24) is 19.7 Å². The van der Waals surface area contributed by atoms with Gasteiger partial charge in [-0.1, -0.05) is 12.1 Å². The Balaban J connectivity index is 1.46. The molecule has 1 aliphatic rings. The largest absolute Gasteiger partial charge is 0.497 e. The molecule has 1 amide bonds. The van der Waals surface area contributed by atoms with Gasteiger partial charge < -0.3 is 30.2 Å². The summed E-state index contributed by atoms with van der Waals surface area (Å²) in [7, 11) is 1.60. The van der Waals surface area contributed by atoms with Gasteiger partial charge >= 0.3 is 6.09 Å². The number of methoxy groups -OCH3 is 1. The molecule has 1 saturated heterocycles. The highest BCUT2D eigenvalue weighted by Crippen LogP contribution is 2.36. The lowest BCUT2D eigenvalue weighted by Crippen LogP contribution is -2.51. The predicted molar refractivity (Wildman–Crippen MR) is 155 cm³/mol. The first-order valence-corrected chi connectivity index (χ1v) is 13.6. The topological polar surface area (TPSA) is 117 Å². The zero-order chi connectivity index (χ0) is 30.0. The van der Waals surface area contributed by atoms with E-state index in [1.807, 2.05) is 24.3 Å². The highest BCUT2D eigenvalue weighted by atomic mass is 19.1. The van der Waals surface area contributed by atoms with Crippen LogP contribution in [0.1, 0.15) is 32.8 Å². The molecule has 12 heteroatoms. The maximum absolute atomic E-state index is 15.5. The molecule has 10 nitrogen and oxygen atoms in total. The van der Waals surface area contributed by atoms with Gasteiger partial charge in [-0.15, -0.1) is 0 Å². The molecule has 0 aliphatic carbocycles. The molecule has 2 atom stereocenters. The molecule has 4 aromatic rings. The number of fused-ring (bicyclic) bond motifs is 1. The van der Waals surface area contributed by atoms with Gasteiger partial charge in [-0.3, -0.25) is 0 Å². The third-order valence-electron chi connectivity index (χ3n) is 6.78. The minimum atomic E-state index is -1.40. The lowest BCUT2D eigenvalue weighted by Gasteiger charge is -2.36. The zero-order valence-electron chi connectivity index (χ0n) is 23.9. The lowest BCUT2D eigenvalue weighted by atomic mass is 10.0. The van der Waals surface area contributed by atoms with E-state index in [0.29, 0.717) is 36.4 Å². The smallest absolute Gasteiger partial charge is 0.410 e. The fraction of sp³-hybridized carbons (Fsp3) is 0.367. The van der Waals surface area contributed by atoms with Gasteiger partial charge in [0.25, 0.3) is 0 Å². The first-order chi connectivity index (χ1) is 20.0. The van der Waals surface area contributed by atoms with E-state index in [0.717, 1.165) is 11.3 Å². The monoisotopic (exact) mass is 580 g/mol. The lowest BCUT2D eigenvalue weighted by molar-refractivity contribution is 0.0125. The average molecular weight is 581 g/mol. The summed E-state index contributed by atoms with van der Waals surface area (Å²) >= 11 is 0. The number of amides is 1. The van der Waals surface area contributed by atoms with Crippen LogP contribution in [0.2, 0.25) is 0 Å². The first-order valence-electron chi connectivity index (χ1n) is 13.6. The van der Waals surface area contributed by atoms with Crippen molar-refractivity contribution in [2.24, 2.45) is 0 Å². The number of hydrogen-bond donors (Lipinski definition) is 2. The Kier molecular flexibility index (Phi) is 8.06. The van der Waals surface area contributed by atoms with Gasteiger partial charge in [0, 0.05) is 30.6 Å². The normalized spacial score (nSPS) is 17.2. The molecule has 1 fully saturated rings. The van der Waals surface area contributed by atoms with Crippen LogP contribution in [0.25, 0.3) is 11.0 Å². The van der Waals surface area contributed by atoms with E-state index >= 15 is 4.39 Å². The van der Waals surface area contributed by atoms with E-state index in [-0.39, 0.29) is 23.7 Å². The molecule has 222 valence electrons. The predicted octanol–water partition coefficient (Wildman–Crippen LogP) is 5.76. The number of nitrogen functional groups attached to an aromatic ring is 1. The number of pyridine rings is 1. The van der Waals surface area contributed by atoms with Crippen molar-refractivity contribution in [2.75, 3.05) is 31.2 Å². The quantitative estimate of drug-likeness (QED) is 0.265. The third kappa shape index (κ3) is 6.48. The Morgan fingerprint density at radius 2 is 1.90 bits per heavy atom. The summed E-state index contributed by atoms with van der Waals surface area (Å²) in [4.78, 5) is 18.4. The van der Waals surface area contributed by atoms with Gasteiger partial charge in [0.1, 0.15) is 28.7 Å². The number of nitrogens with one attached hydrogen (secondary N) is 1. The maximum atomic E-state index is 15.5. The highest BCUT2D eigenvalue weighted by molar-refractivity contribution is 5.93. The van der Waals surface area contributed by atoms with Crippen molar-refractivity contribution < 1.29 is 27.8 Å². The number of benzene rings is 2. The summed E-state index contributed by atoms with van der Waals surface area (Å²) < 4.78 is 48.5. The molecule has 1 aliphatic heterocycles. The number of nitrogens with two attached hydrogens (primary N) is 1. The van der Waals surface area contributed by atoms with Crippen molar-refractivity contribution in [2.45, 2.75) is 51.6 Å². The summed E-state index contributed by atoms with van der Waals surface area (Å²) in [5.74, 6) is 0.681. The van der Waals surface area contributed by atoms with Crippen molar-refractivity contribution in [3.63, 3.8) is 0 Å². The summed E-state index contributed by atoms with van der Waals surface area (Å²) in [6.45, 7) is 5.83. The number of anilines is 2. The number of alkyl halides is 1. The summed E-state index contributed by atoms with van der Waals surface area (Å²) in [5.41, 5.74) is 6.68. The van der Waals surface area contributed by atoms with Crippen LogP contribution >= 0.6 is 0 Å². The second kappa shape index (κ2) is 11.7. The Labute approximate surface area is 242 Å². The number of rotatable bonds is 7. The van der Waals surface area contributed by atoms with Gasteiger partial charge in [0.15, 0.2) is 23.0 Å². The number of nitrogens with zero attached hydrogens (tertiary/aromatic N) is 4. The van der Waals surface area contributed by atoms with Gasteiger partial charge in [-0.25, -0.2) is 23.2 Å². The molecule has 3 heterocycles.